The number of nitrogens with zero attached hydrogens (tertiary/aromatic N) is 2. The Kier molecular flexibility index (Phi) is 5.69. The van der Waals surface area contributed by atoms with Crippen LogP contribution in [0.2, 0.25) is 0 Å². The lowest BCUT2D eigenvalue weighted by Crippen LogP contribution is -2.39. The van der Waals surface area contributed by atoms with Gasteiger partial charge in [0, 0.05) is 35.6 Å². The molecule has 3 atom stereocenters. The number of hydrogen-bond acceptors (Lipinski definition) is 4. The summed E-state index contributed by atoms with van der Waals surface area (Å²) >= 11 is 1.70. The van der Waals surface area contributed by atoms with Crippen LogP contribution in [0.15, 0.2) is 0 Å². The van der Waals surface area contributed by atoms with E-state index in [1.165, 1.54) is 11.3 Å². The first-order valence-electron chi connectivity index (χ1n) is 6.32. The highest BCUT2D eigenvalue weighted by Gasteiger charge is 2.21. The molecule has 1 heterocycles. The summed E-state index contributed by atoms with van der Waals surface area (Å²) in [6.07, 6.45) is 2.03. The van der Waals surface area contributed by atoms with E-state index in [2.05, 4.69) is 31.2 Å². The van der Waals surface area contributed by atoms with Crippen LogP contribution in [0.4, 0.5) is 0 Å². The molecule has 5 heteroatoms. The second-order valence-corrected chi connectivity index (χ2v) is 5.92. The molecule has 3 unspecified atom stereocenters. The summed E-state index contributed by atoms with van der Waals surface area (Å²) in [5, 5.41) is 17.5. The van der Waals surface area contributed by atoms with Gasteiger partial charge in [-0.2, -0.15) is 16.9 Å². The van der Waals surface area contributed by atoms with Crippen molar-refractivity contribution in [2.45, 2.75) is 45.0 Å². The van der Waals surface area contributed by atoms with Gasteiger partial charge in [0.25, 0.3) is 0 Å². The standard InChI is InChI=1S/C13H25N3OS/c1-8(12(7-17)18-6)14-9(2)13-10(3)15-16(5)11(13)4/h8-9,12,14,17H,7H2,1-6H3. The number of nitrogens with one attached hydrogen (secondary N) is 1. The number of aliphatic hydroxyl groups excluding tert-OH is 1. The number of aryl methyl sites for hydroxylation is 2. The van der Waals surface area contributed by atoms with Crippen molar-refractivity contribution in [3.8, 4) is 0 Å². The van der Waals surface area contributed by atoms with Crippen molar-refractivity contribution >= 4 is 11.8 Å². The highest BCUT2D eigenvalue weighted by atomic mass is 32.2. The topological polar surface area (TPSA) is 50.1 Å². The Morgan fingerprint density at radius 3 is 2.39 bits per heavy atom. The third kappa shape index (κ3) is 3.28. The fourth-order valence-corrected chi connectivity index (χ4v) is 3.07. The predicted octanol–water partition coefficient (Wildman–Crippen LogP) is 1.80. The molecule has 2 N–H and O–H groups in total. The van der Waals surface area contributed by atoms with E-state index in [1.807, 2.05) is 24.9 Å². The molecule has 0 amide bonds. The van der Waals surface area contributed by atoms with Crippen LogP contribution in [0.25, 0.3) is 0 Å². The average molecular weight is 271 g/mol. The van der Waals surface area contributed by atoms with Crippen molar-refractivity contribution in [3.63, 3.8) is 0 Å². The van der Waals surface area contributed by atoms with Gasteiger partial charge in [-0.3, -0.25) is 4.68 Å². The summed E-state index contributed by atoms with van der Waals surface area (Å²) in [7, 11) is 1.97. The van der Waals surface area contributed by atoms with Crippen LogP contribution in [0.1, 0.15) is 36.8 Å². The van der Waals surface area contributed by atoms with E-state index in [9.17, 15) is 5.11 Å². The minimum atomic E-state index is 0.201. The summed E-state index contributed by atoms with van der Waals surface area (Å²) in [5.74, 6) is 0. The SMILES string of the molecule is CSC(CO)C(C)NC(C)c1c(C)nn(C)c1C. The van der Waals surface area contributed by atoms with Gasteiger partial charge in [-0.1, -0.05) is 0 Å². The zero-order valence-corrected chi connectivity index (χ0v) is 13.0. The smallest absolute Gasteiger partial charge is 0.0644 e. The van der Waals surface area contributed by atoms with E-state index >= 15 is 0 Å². The average Bonchev–Trinajstić information content (AvgIpc) is 2.54. The minimum absolute atomic E-state index is 0.201. The molecule has 0 aromatic carbocycles. The Labute approximate surface area is 114 Å². The highest BCUT2D eigenvalue weighted by molar-refractivity contribution is 7.99. The van der Waals surface area contributed by atoms with Crippen LogP contribution in [0.3, 0.4) is 0 Å². The molecule has 0 aliphatic rings. The largest absolute Gasteiger partial charge is 0.395 e. The van der Waals surface area contributed by atoms with Crippen molar-refractivity contribution in [1.82, 2.24) is 15.1 Å². The summed E-state index contributed by atoms with van der Waals surface area (Å²) in [5.41, 5.74) is 3.54. The Morgan fingerprint density at radius 1 is 1.39 bits per heavy atom. The first kappa shape index (κ1) is 15.5. The van der Waals surface area contributed by atoms with E-state index in [-0.39, 0.29) is 23.9 Å². The van der Waals surface area contributed by atoms with Gasteiger partial charge in [-0.05, 0) is 34.0 Å². The molecule has 0 saturated heterocycles. The molecule has 0 saturated carbocycles. The Morgan fingerprint density at radius 2 is 2.00 bits per heavy atom. The zero-order chi connectivity index (χ0) is 13.9. The first-order valence-corrected chi connectivity index (χ1v) is 7.60. The maximum atomic E-state index is 9.32. The van der Waals surface area contributed by atoms with Gasteiger partial charge in [0.05, 0.1) is 12.3 Å². The molecule has 0 fully saturated rings. The molecule has 1 aromatic rings. The normalized spacial score (nSPS) is 16.6. The summed E-state index contributed by atoms with van der Waals surface area (Å²) < 4.78 is 1.92. The van der Waals surface area contributed by atoms with Crippen molar-refractivity contribution in [2.75, 3.05) is 12.9 Å². The molecule has 0 aliphatic carbocycles. The lowest BCUT2D eigenvalue weighted by Gasteiger charge is -2.25. The summed E-state index contributed by atoms with van der Waals surface area (Å²) in [6.45, 7) is 8.61. The van der Waals surface area contributed by atoms with Crippen molar-refractivity contribution in [2.24, 2.45) is 7.05 Å². The molecule has 0 aliphatic heterocycles. The van der Waals surface area contributed by atoms with Crippen LogP contribution in [0.5, 0.6) is 0 Å². The van der Waals surface area contributed by atoms with Crippen LogP contribution in [0, 0.1) is 13.8 Å². The van der Waals surface area contributed by atoms with Crippen LogP contribution < -0.4 is 5.32 Å². The van der Waals surface area contributed by atoms with Gasteiger partial charge in [-0.25, -0.2) is 0 Å². The van der Waals surface area contributed by atoms with Crippen LogP contribution in [-0.2, 0) is 7.05 Å². The first-order chi connectivity index (χ1) is 8.42. The Balaban J connectivity index is 2.79. The van der Waals surface area contributed by atoms with Crippen molar-refractivity contribution in [1.29, 1.82) is 0 Å². The van der Waals surface area contributed by atoms with E-state index in [0.717, 1.165) is 5.69 Å². The van der Waals surface area contributed by atoms with E-state index < -0.39 is 0 Å². The van der Waals surface area contributed by atoms with Gasteiger partial charge < -0.3 is 10.4 Å². The minimum Gasteiger partial charge on any atom is -0.395 e. The Hall–Kier alpha value is -0.520. The van der Waals surface area contributed by atoms with Gasteiger partial charge in [0.1, 0.15) is 0 Å². The second kappa shape index (κ2) is 6.59. The van der Waals surface area contributed by atoms with Crippen molar-refractivity contribution < 1.29 is 5.11 Å². The Bertz CT molecular complexity index is 388. The van der Waals surface area contributed by atoms with Crippen LogP contribution in [-0.4, -0.2) is 39.0 Å². The second-order valence-electron chi connectivity index (χ2n) is 4.84. The van der Waals surface area contributed by atoms with E-state index in [0.29, 0.717) is 0 Å². The van der Waals surface area contributed by atoms with Crippen LogP contribution >= 0.6 is 11.8 Å². The maximum absolute atomic E-state index is 9.32. The van der Waals surface area contributed by atoms with E-state index in [1.54, 1.807) is 11.8 Å². The summed E-state index contributed by atoms with van der Waals surface area (Å²) in [4.78, 5) is 0. The van der Waals surface area contributed by atoms with Gasteiger partial charge in [0.2, 0.25) is 0 Å². The number of aliphatic hydroxyl groups is 1. The summed E-state index contributed by atoms with van der Waals surface area (Å²) in [6, 6.07) is 0.508. The zero-order valence-electron chi connectivity index (χ0n) is 12.2. The molecule has 0 bridgehead atoms. The molecular weight excluding hydrogens is 246 g/mol. The molecule has 1 rings (SSSR count). The van der Waals surface area contributed by atoms with Gasteiger partial charge in [-0.15, -0.1) is 0 Å². The third-order valence-electron chi connectivity index (χ3n) is 3.55. The van der Waals surface area contributed by atoms with Gasteiger partial charge >= 0.3 is 0 Å². The highest BCUT2D eigenvalue weighted by Crippen LogP contribution is 2.22. The van der Waals surface area contributed by atoms with E-state index in [4.69, 9.17) is 0 Å². The number of hydrogen-bond donors (Lipinski definition) is 2. The van der Waals surface area contributed by atoms with Crippen molar-refractivity contribution in [3.05, 3.63) is 17.0 Å². The molecular formula is C13H25N3OS. The quantitative estimate of drug-likeness (QED) is 0.828. The molecule has 1 aromatic heterocycles. The number of thioether (sulfide) groups is 1. The molecule has 4 nitrogen and oxygen atoms in total. The maximum Gasteiger partial charge on any atom is 0.0644 e. The number of rotatable bonds is 6. The lowest BCUT2D eigenvalue weighted by molar-refractivity contribution is 0.271. The fourth-order valence-electron chi connectivity index (χ4n) is 2.44. The number of aromatic nitrogens is 2. The molecule has 0 spiro atoms. The monoisotopic (exact) mass is 271 g/mol. The fraction of sp³-hybridized carbons (Fsp3) is 0.769. The molecule has 0 radical (unpaired) electrons. The lowest BCUT2D eigenvalue weighted by atomic mass is 10.0. The predicted molar refractivity (Wildman–Crippen MR) is 78.1 cm³/mol. The third-order valence-corrected chi connectivity index (χ3v) is 4.71. The van der Waals surface area contributed by atoms with Gasteiger partial charge in [0.15, 0.2) is 0 Å². The molecule has 18 heavy (non-hydrogen) atoms. The molecule has 104 valence electrons.